The molecule has 4 rings (SSSR count). The van der Waals surface area contributed by atoms with Crippen molar-refractivity contribution in [1.29, 1.82) is 0 Å². The first-order valence-corrected chi connectivity index (χ1v) is 10.3. The van der Waals surface area contributed by atoms with Gasteiger partial charge >= 0.3 is 6.18 Å². The first kappa shape index (κ1) is 22.6. The van der Waals surface area contributed by atoms with Crippen molar-refractivity contribution in [2.24, 2.45) is 5.41 Å². The predicted octanol–water partition coefficient (Wildman–Crippen LogP) is 6.15. The highest BCUT2D eigenvalue weighted by molar-refractivity contribution is 6.03. The lowest BCUT2D eigenvalue weighted by molar-refractivity contribution is -0.137. The molecule has 0 radical (unpaired) electrons. The second-order valence-electron chi connectivity index (χ2n) is 8.72. The van der Waals surface area contributed by atoms with Crippen molar-refractivity contribution in [1.82, 2.24) is 9.97 Å². The lowest BCUT2D eigenvalue weighted by Crippen LogP contribution is -2.29. The molecular weight excluding hydrogens is 433 g/mol. The van der Waals surface area contributed by atoms with Gasteiger partial charge in [0, 0.05) is 23.9 Å². The number of hydrogen-bond acceptors (Lipinski definition) is 6. The fourth-order valence-corrected chi connectivity index (χ4v) is 3.85. The van der Waals surface area contributed by atoms with Crippen LogP contribution in [0.4, 0.5) is 36.3 Å². The Morgan fingerprint density at radius 3 is 2.36 bits per heavy atom. The first-order chi connectivity index (χ1) is 15.5. The van der Waals surface area contributed by atoms with Crippen LogP contribution in [0.3, 0.4) is 0 Å². The summed E-state index contributed by atoms with van der Waals surface area (Å²) in [5.41, 5.74) is 0.613. The summed E-state index contributed by atoms with van der Waals surface area (Å²) in [6.45, 7) is 3.95. The van der Waals surface area contributed by atoms with Crippen LogP contribution < -0.4 is 15.4 Å². The van der Waals surface area contributed by atoms with Gasteiger partial charge in [0.25, 0.3) is 0 Å². The highest BCUT2D eigenvalue weighted by Gasteiger charge is 2.35. The number of carbonyl (C=O) groups excluding carboxylic acids is 1. The van der Waals surface area contributed by atoms with E-state index >= 15 is 0 Å². The second-order valence-corrected chi connectivity index (χ2v) is 8.72. The van der Waals surface area contributed by atoms with Gasteiger partial charge in [-0.3, -0.25) is 4.79 Å². The van der Waals surface area contributed by atoms with Crippen molar-refractivity contribution >= 4 is 28.9 Å². The van der Waals surface area contributed by atoms with Crippen LogP contribution in [-0.4, -0.2) is 22.9 Å². The van der Waals surface area contributed by atoms with Gasteiger partial charge in [0.2, 0.25) is 5.95 Å². The quantitative estimate of drug-likeness (QED) is 0.480. The number of aromatic nitrogens is 2. The Bertz CT molecular complexity index is 1210. The van der Waals surface area contributed by atoms with Crippen molar-refractivity contribution < 1.29 is 22.7 Å². The Morgan fingerprint density at radius 2 is 1.67 bits per heavy atom. The zero-order valence-electron chi connectivity index (χ0n) is 18.4. The van der Waals surface area contributed by atoms with Gasteiger partial charge in [0.15, 0.2) is 5.78 Å². The number of Topliss-reactive ketones (excluding diaryl/α,β-unsaturated/α-hetero) is 1. The van der Waals surface area contributed by atoms with Gasteiger partial charge in [0.1, 0.15) is 11.6 Å². The molecule has 172 valence electrons. The van der Waals surface area contributed by atoms with E-state index in [1.807, 2.05) is 13.8 Å². The number of alkyl halides is 3. The van der Waals surface area contributed by atoms with Crippen LogP contribution in [0.5, 0.6) is 5.75 Å². The van der Waals surface area contributed by atoms with E-state index in [0.29, 0.717) is 35.5 Å². The molecule has 2 N–H and O–H groups in total. The van der Waals surface area contributed by atoms with Crippen LogP contribution in [0.15, 0.2) is 48.5 Å². The fourth-order valence-electron chi connectivity index (χ4n) is 3.85. The minimum Gasteiger partial charge on any atom is -0.497 e. The Balaban J connectivity index is 1.76. The molecule has 9 heteroatoms. The third kappa shape index (κ3) is 5.08. The number of anilines is 4. The Hall–Kier alpha value is -3.62. The molecule has 6 nitrogen and oxygen atoms in total. The number of benzene rings is 2. The van der Waals surface area contributed by atoms with E-state index in [2.05, 4.69) is 20.6 Å². The zero-order valence-corrected chi connectivity index (χ0v) is 18.4. The number of ketones is 1. The molecule has 0 saturated carbocycles. The lowest BCUT2D eigenvalue weighted by atomic mass is 9.75. The molecule has 0 aliphatic heterocycles. The maximum atomic E-state index is 13.2. The van der Waals surface area contributed by atoms with Gasteiger partial charge in [0.05, 0.1) is 23.9 Å². The van der Waals surface area contributed by atoms with E-state index < -0.39 is 11.7 Å². The third-order valence-electron chi connectivity index (χ3n) is 5.33. The summed E-state index contributed by atoms with van der Waals surface area (Å²) in [5, 5.41) is 6.01. The van der Waals surface area contributed by atoms with Crippen molar-refractivity contribution in [3.8, 4) is 5.75 Å². The zero-order chi connectivity index (χ0) is 23.8. The van der Waals surface area contributed by atoms with E-state index in [1.165, 1.54) is 12.1 Å². The smallest absolute Gasteiger partial charge is 0.416 e. The Morgan fingerprint density at radius 1 is 0.970 bits per heavy atom. The van der Waals surface area contributed by atoms with Crippen LogP contribution in [-0.2, 0) is 12.6 Å². The summed E-state index contributed by atoms with van der Waals surface area (Å²) in [5.74, 6) is 0.882. The van der Waals surface area contributed by atoms with E-state index in [4.69, 9.17) is 4.74 Å². The minimum absolute atomic E-state index is 0.149. The van der Waals surface area contributed by atoms with E-state index in [0.717, 1.165) is 12.1 Å². The fraction of sp³-hybridized carbons (Fsp3) is 0.292. The highest BCUT2D eigenvalue weighted by atomic mass is 19.4. The summed E-state index contributed by atoms with van der Waals surface area (Å²) in [6.07, 6.45) is -3.66. The van der Waals surface area contributed by atoms with E-state index in [9.17, 15) is 18.0 Å². The van der Waals surface area contributed by atoms with Gasteiger partial charge < -0.3 is 15.4 Å². The molecule has 0 unspecified atom stereocenters. The van der Waals surface area contributed by atoms with E-state index in [1.54, 1.807) is 31.4 Å². The topological polar surface area (TPSA) is 76.1 Å². The lowest BCUT2D eigenvalue weighted by Gasteiger charge is -2.30. The summed E-state index contributed by atoms with van der Waals surface area (Å²) in [6, 6.07) is 11.9. The summed E-state index contributed by atoms with van der Waals surface area (Å²) >= 11 is 0. The molecule has 0 amide bonds. The molecule has 1 aromatic heterocycles. The number of nitrogens with one attached hydrogen (secondary N) is 2. The number of methoxy groups -OCH3 is 1. The summed E-state index contributed by atoms with van der Waals surface area (Å²) in [7, 11) is 1.55. The number of carbonyl (C=O) groups is 1. The van der Waals surface area contributed by atoms with E-state index in [-0.39, 0.29) is 28.7 Å². The molecule has 0 fully saturated rings. The minimum atomic E-state index is -4.48. The third-order valence-corrected chi connectivity index (χ3v) is 5.33. The molecule has 0 atom stereocenters. The van der Waals surface area contributed by atoms with Crippen LogP contribution in [0.1, 0.15) is 41.9 Å². The number of ether oxygens (including phenoxy) is 1. The summed E-state index contributed by atoms with van der Waals surface area (Å²) in [4.78, 5) is 22.0. The average Bonchev–Trinajstić information content (AvgIpc) is 2.72. The van der Waals surface area contributed by atoms with Gasteiger partial charge in [-0.15, -0.1) is 0 Å². The molecule has 0 saturated heterocycles. The van der Waals surface area contributed by atoms with Crippen LogP contribution in [0, 0.1) is 5.41 Å². The number of nitrogens with zero attached hydrogens (tertiary/aromatic N) is 2. The Labute approximate surface area is 189 Å². The average molecular weight is 456 g/mol. The van der Waals surface area contributed by atoms with Gasteiger partial charge in [-0.25, -0.2) is 4.98 Å². The van der Waals surface area contributed by atoms with Crippen molar-refractivity contribution in [2.45, 2.75) is 32.9 Å². The van der Waals surface area contributed by atoms with Crippen LogP contribution in [0.25, 0.3) is 0 Å². The van der Waals surface area contributed by atoms with Crippen LogP contribution in [0.2, 0.25) is 0 Å². The van der Waals surface area contributed by atoms with Crippen LogP contribution >= 0.6 is 0 Å². The molecule has 1 heterocycles. The van der Waals surface area contributed by atoms with Gasteiger partial charge in [-0.2, -0.15) is 18.2 Å². The van der Waals surface area contributed by atoms with Crippen molar-refractivity contribution in [3.05, 3.63) is 65.4 Å². The number of halogens is 3. The second kappa shape index (κ2) is 8.38. The van der Waals surface area contributed by atoms with Crippen molar-refractivity contribution in [3.63, 3.8) is 0 Å². The predicted molar refractivity (Wildman–Crippen MR) is 119 cm³/mol. The largest absolute Gasteiger partial charge is 0.497 e. The molecule has 3 aromatic rings. The summed E-state index contributed by atoms with van der Waals surface area (Å²) < 4.78 is 44.7. The SMILES string of the molecule is COc1cccc(Nc2nc3c(c(Nc4cccc(C(F)(F)F)c4)n2)C(=O)CC(C)(C)C3)c1. The van der Waals surface area contributed by atoms with Gasteiger partial charge in [-0.1, -0.05) is 26.0 Å². The Kier molecular flexibility index (Phi) is 5.73. The maximum Gasteiger partial charge on any atom is 0.416 e. The molecule has 33 heavy (non-hydrogen) atoms. The molecule has 2 aromatic carbocycles. The molecule has 1 aliphatic rings. The maximum absolute atomic E-state index is 13.2. The highest BCUT2D eigenvalue weighted by Crippen LogP contribution is 2.38. The number of rotatable bonds is 5. The molecule has 0 bridgehead atoms. The number of hydrogen-bond donors (Lipinski definition) is 2. The number of fused-ring (bicyclic) bond motifs is 1. The standard InChI is InChI=1S/C24H23F3N4O2/c1-23(2)12-18-20(19(32)13-23)21(28-15-7-4-6-14(10-15)24(25,26)27)31-22(30-18)29-16-8-5-9-17(11-16)33-3/h4-11H,12-13H2,1-3H3,(H2,28,29,30,31). The monoisotopic (exact) mass is 456 g/mol. The molecule has 1 aliphatic carbocycles. The first-order valence-electron chi connectivity index (χ1n) is 10.3. The molecule has 0 spiro atoms. The normalized spacial score (nSPS) is 15.0. The van der Waals surface area contributed by atoms with Crippen molar-refractivity contribution in [2.75, 3.05) is 17.7 Å². The van der Waals surface area contributed by atoms with Gasteiger partial charge in [-0.05, 0) is 42.2 Å². The molecular formula is C24H23F3N4O2.